The third-order valence-electron chi connectivity index (χ3n) is 3.10. The zero-order valence-electron chi connectivity index (χ0n) is 11.7. The van der Waals surface area contributed by atoms with Gasteiger partial charge in [-0.15, -0.1) is 0 Å². The summed E-state index contributed by atoms with van der Waals surface area (Å²) in [5.74, 6) is -1.31. The summed E-state index contributed by atoms with van der Waals surface area (Å²) in [6.45, 7) is 1.95. The number of halogens is 2. The van der Waals surface area contributed by atoms with Crippen LogP contribution in [-0.4, -0.2) is 13.1 Å². The van der Waals surface area contributed by atoms with Crippen LogP contribution >= 0.6 is 11.6 Å². The molecular formula is C16H15ClFNO2. The van der Waals surface area contributed by atoms with Gasteiger partial charge in [0.25, 0.3) is 0 Å². The molecule has 0 aliphatic rings. The first-order valence-corrected chi connectivity index (χ1v) is 6.79. The molecule has 3 nitrogen and oxygen atoms in total. The van der Waals surface area contributed by atoms with Crippen molar-refractivity contribution in [2.75, 3.05) is 12.4 Å². The molecule has 21 heavy (non-hydrogen) atoms. The molecule has 0 aromatic heterocycles. The molecule has 0 fully saturated rings. The van der Waals surface area contributed by atoms with E-state index in [4.69, 9.17) is 11.6 Å². The number of carbonyl (C=O) groups is 1. The third-order valence-corrected chi connectivity index (χ3v) is 3.34. The number of nitrogens with one attached hydrogen (secondary N) is 1. The van der Waals surface area contributed by atoms with Gasteiger partial charge in [-0.3, -0.25) is 0 Å². The van der Waals surface area contributed by atoms with E-state index in [0.29, 0.717) is 10.7 Å². The largest absolute Gasteiger partial charge is 0.465 e. The van der Waals surface area contributed by atoms with Gasteiger partial charge >= 0.3 is 5.97 Å². The highest BCUT2D eigenvalue weighted by Crippen LogP contribution is 2.23. The van der Waals surface area contributed by atoms with Crippen LogP contribution in [0.4, 0.5) is 10.1 Å². The molecule has 1 atom stereocenters. The fraction of sp³-hybridized carbons (Fsp3) is 0.188. The topological polar surface area (TPSA) is 38.3 Å². The van der Waals surface area contributed by atoms with E-state index in [1.165, 1.54) is 19.2 Å². The lowest BCUT2D eigenvalue weighted by molar-refractivity contribution is 0.0595. The number of anilines is 1. The van der Waals surface area contributed by atoms with Crippen molar-refractivity contribution in [2.24, 2.45) is 0 Å². The highest BCUT2D eigenvalue weighted by atomic mass is 35.5. The Hall–Kier alpha value is -2.07. The number of rotatable bonds is 4. The zero-order valence-corrected chi connectivity index (χ0v) is 12.4. The molecule has 0 heterocycles. The van der Waals surface area contributed by atoms with Crippen molar-refractivity contribution < 1.29 is 13.9 Å². The van der Waals surface area contributed by atoms with Gasteiger partial charge in [-0.05, 0) is 42.8 Å². The van der Waals surface area contributed by atoms with E-state index in [1.54, 1.807) is 12.1 Å². The lowest BCUT2D eigenvalue weighted by Gasteiger charge is -2.16. The summed E-state index contributed by atoms with van der Waals surface area (Å²) in [5, 5.41) is 3.85. The van der Waals surface area contributed by atoms with Crippen molar-refractivity contribution in [3.63, 3.8) is 0 Å². The zero-order chi connectivity index (χ0) is 15.4. The van der Waals surface area contributed by atoms with Crippen LogP contribution in [0.5, 0.6) is 0 Å². The van der Waals surface area contributed by atoms with Gasteiger partial charge < -0.3 is 10.1 Å². The first-order chi connectivity index (χ1) is 10.0. The van der Waals surface area contributed by atoms with Gasteiger partial charge in [0.1, 0.15) is 5.82 Å². The number of carbonyl (C=O) groups excluding carboxylic acids is 1. The summed E-state index contributed by atoms with van der Waals surface area (Å²) in [6.07, 6.45) is 0. The Morgan fingerprint density at radius 1 is 1.29 bits per heavy atom. The average Bonchev–Trinajstić information content (AvgIpc) is 2.48. The summed E-state index contributed by atoms with van der Waals surface area (Å²) in [4.78, 5) is 11.5. The van der Waals surface area contributed by atoms with Gasteiger partial charge in [-0.25, -0.2) is 9.18 Å². The number of benzene rings is 2. The Kier molecular flexibility index (Phi) is 4.81. The van der Waals surface area contributed by atoms with E-state index in [1.807, 2.05) is 25.1 Å². The molecule has 0 saturated heterocycles. The number of hydrogen-bond acceptors (Lipinski definition) is 3. The highest BCUT2D eigenvalue weighted by molar-refractivity contribution is 6.30. The molecule has 0 aliphatic carbocycles. The molecule has 1 N–H and O–H groups in total. The van der Waals surface area contributed by atoms with E-state index in [-0.39, 0.29) is 11.6 Å². The van der Waals surface area contributed by atoms with Crippen molar-refractivity contribution in [3.8, 4) is 0 Å². The monoisotopic (exact) mass is 307 g/mol. The fourth-order valence-corrected chi connectivity index (χ4v) is 2.19. The lowest BCUT2D eigenvalue weighted by Crippen LogP contribution is -2.09. The molecule has 110 valence electrons. The Morgan fingerprint density at radius 2 is 2.05 bits per heavy atom. The molecule has 0 bridgehead atoms. The van der Waals surface area contributed by atoms with Crippen LogP contribution in [0.25, 0.3) is 0 Å². The second-order valence-corrected chi connectivity index (χ2v) is 5.04. The minimum absolute atomic E-state index is 0.0420. The van der Waals surface area contributed by atoms with Crippen LogP contribution in [0.2, 0.25) is 5.02 Å². The molecule has 1 unspecified atom stereocenters. The van der Waals surface area contributed by atoms with Crippen molar-refractivity contribution in [1.29, 1.82) is 0 Å². The summed E-state index contributed by atoms with van der Waals surface area (Å²) < 4.78 is 18.1. The van der Waals surface area contributed by atoms with Gasteiger partial charge in [0.2, 0.25) is 0 Å². The van der Waals surface area contributed by atoms with Gasteiger partial charge in [-0.2, -0.15) is 0 Å². The first-order valence-electron chi connectivity index (χ1n) is 6.41. The molecular weight excluding hydrogens is 293 g/mol. The van der Waals surface area contributed by atoms with Crippen molar-refractivity contribution in [3.05, 3.63) is 64.4 Å². The minimum Gasteiger partial charge on any atom is -0.465 e. The van der Waals surface area contributed by atoms with Gasteiger partial charge in [0.05, 0.1) is 12.7 Å². The molecule has 2 aromatic rings. The quantitative estimate of drug-likeness (QED) is 0.849. The molecule has 0 saturated carbocycles. The Bertz CT molecular complexity index is 660. The fourth-order valence-electron chi connectivity index (χ4n) is 1.99. The molecule has 0 aliphatic heterocycles. The predicted molar refractivity (Wildman–Crippen MR) is 81.2 cm³/mol. The summed E-state index contributed by atoms with van der Waals surface area (Å²) in [7, 11) is 1.22. The molecule has 0 spiro atoms. The summed E-state index contributed by atoms with van der Waals surface area (Å²) in [6, 6.07) is 11.6. The third kappa shape index (κ3) is 3.73. The molecule has 0 amide bonds. The first kappa shape index (κ1) is 15.3. The minimum atomic E-state index is -0.702. The van der Waals surface area contributed by atoms with Gasteiger partial charge in [0, 0.05) is 16.8 Å². The maximum absolute atomic E-state index is 13.6. The normalized spacial score (nSPS) is 11.8. The molecule has 5 heteroatoms. The van der Waals surface area contributed by atoms with E-state index in [9.17, 15) is 9.18 Å². The second-order valence-electron chi connectivity index (χ2n) is 4.61. The van der Waals surface area contributed by atoms with Crippen molar-refractivity contribution >= 4 is 23.3 Å². The Labute approximate surface area is 127 Å². The summed E-state index contributed by atoms with van der Waals surface area (Å²) in [5.41, 5.74) is 1.52. The second kappa shape index (κ2) is 6.59. The lowest BCUT2D eigenvalue weighted by atomic mass is 10.1. The van der Waals surface area contributed by atoms with Crippen LogP contribution in [0.3, 0.4) is 0 Å². The number of hydrogen-bond donors (Lipinski definition) is 1. The van der Waals surface area contributed by atoms with Gasteiger partial charge in [-0.1, -0.05) is 23.7 Å². The van der Waals surface area contributed by atoms with E-state index >= 15 is 0 Å². The molecule has 2 rings (SSSR count). The molecule has 2 aromatic carbocycles. The molecule has 0 radical (unpaired) electrons. The van der Waals surface area contributed by atoms with Crippen LogP contribution in [0.15, 0.2) is 42.5 Å². The van der Waals surface area contributed by atoms with Crippen LogP contribution in [0, 0.1) is 5.82 Å². The van der Waals surface area contributed by atoms with E-state index in [0.717, 1.165) is 5.56 Å². The number of esters is 1. The predicted octanol–water partition coefficient (Wildman–Crippen LogP) is 4.44. The highest BCUT2D eigenvalue weighted by Gasteiger charge is 2.14. The number of ether oxygens (including phenoxy) is 1. The standard InChI is InChI=1S/C16H15ClFNO2/c1-10(11-4-3-5-12(17)8-11)19-13-6-7-15(18)14(9-13)16(20)21-2/h3-10,19H,1-2H3. The summed E-state index contributed by atoms with van der Waals surface area (Å²) >= 11 is 5.96. The van der Waals surface area contributed by atoms with Crippen molar-refractivity contribution in [2.45, 2.75) is 13.0 Å². The van der Waals surface area contributed by atoms with Crippen molar-refractivity contribution in [1.82, 2.24) is 0 Å². The Morgan fingerprint density at radius 3 is 2.71 bits per heavy atom. The van der Waals surface area contributed by atoms with Crippen LogP contribution in [-0.2, 0) is 4.74 Å². The van der Waals surface area contributed by atoms with Gasteiger partial charge in [0.15, 0.2) is 0 Å². The van der Waals surface area contributed by atoms with Crippen LogP contribution < -0.4 is 5.32 Å². The average molecular weight is 308 g/mol. The Balaban J connectivity index is 2.21. The smallest absolute Gasteiger partial charge is 0.340 e. The van der Waals surface area contributed by atoms with E-state index in [2.05, 4.69) is 10.1 Å². The maximum Gasteiger partial charge on any atom is 0.340 e. The number of methoxy groups -OCH3 is 1. The van der Waals surface area contributed by atoms with Crippen LogP contribution in [0.1, 0.15) is 28.9 Å². The maximum atomic E-state index is 13.6. The van der Waals surface area contributed by atoms with E-state index < -0.39 is 11.8 Å². The SMILES string of the molecule is COC(=O)c1cc(NC(C)c2cccc(Cl)c2)ccc1F.